The molecule has 0 heterocycles. The number of likely N-dealkylation sites (N-methyl/N-ethyl adjacent to an activating group) is 1. The molecule has 1 aromatic carbocycles. The third-order valence-electron chi connectivity index (χ3n) is 3.57. The highest BCUT2D eigenvalue weighted by molar-refractivity contribution is 6.32. The predicted octanol–water partition coefficient (Wildman–Crippen LogP) is 2.35. The molecule has 1 aliphatic carbocycles. The van der Waals surface area contributed by atoms with Crippen LogP contribution in [0.3, 0.4) is 0 Å². The topological polar surface area (TPSA) is 64.3 Å². The molecule has 0 radical (unpaired) electrons. The van der Waals surface area contributed by atoms with E-state index < -0.39 is 5.91 Å². The van der Waals surface area contributed by atoms with E-state index in [1.54, 1.807) is 18.2 Å². The van der Waals surface area contributed by atoms with Crippen LogP contribution in [0.25, 0.3) is 0 Å². The Kier molecular flexibility index (Phi) is 4.66. The van der Waals surface area contributed by atoms with Gasteiger partial charge in [0.2, 0.25) is 5.91 Å². The quantitative estimate of drug-likeness (QED) is 0.891. The predicted molar refractivity (Wildman–Crippen MR) is 75.7 cm³/mol. The monoisotopic (exact) mass is 282 g/mol. The summed E-state index contributed by atoms with van der Waals surface area (Å²) in [4.78, 5) is 11.1. The van der Waals surface area contributed by atoms with Crippen LogP contribution in [0.4, 0.5) is 0 Å². The first kappa shape index (κ1) is 14.2. The molecule has 1 aromatic rings. The molecule has 2 rings (SSSR count). The van der Waals surface area contributed by atoms with E-state index in [0.29, 0.717) is 22.4 Å². The van der Waals surface area contributed by atoms with Gasteiger partial charge in [0.25, 0.3) is 0 Å². The molecule has 0 saturated heterocycles. The SMILES string of the molecule is CNC1CCCCC1Oc1ccc(C(N)=O)cc1Cl. The van der Waals surface area contributed by atoms with E-state index in [1.807, 2.05) is 7.05 Å². The number of halogens is 1. The lowest BCUT2D eigenvalue weighted by Gasteiger charge is -2.31. The minimum atomic E-state index is -0.487. The van der Waals surface area contributed by atoms with E-state index in [1.165, 1.54) is 12.8 Å². The van der Waals surface area contributed by atoms with E-state index in [9.17, 15) is 4.79 Å². The van der Waals surface area contributed by atoms with E-state index >= 15 is 0 Å². The lowest BCUT2D eigenvalue weighted by atomic mass is 9.92. The number of carbonyl (C=O) groups excluding carboxylic acids is 1. The van der Waals surface area contributed by atoms with Gasteiger partial charge in [-0.25, -0.2) is 0 Å². The molecule has 1 fully saturated rings. The van der Waals surface area contributed by atoms with Crippen molar-refractivity contribution in [2.75, 3.05) is 7.05 Å². The van der Waals surface area contributed by atoms with Crippen LogP contribution in [0.2, 0.25) is 5.02 Å². The number of nitrogens with two attached hydrogens (primary N) is 1. The summed E-state index contributed by atoms with van der Waals surface area (Å²) in [5, 5.41) is 3.71. The standard InChI is InChI=1S/C14H19ClN2O2/c1-17-11-4-2-3-5-13(11)19-12-7-6-9(14(16)18)8-10(12)15/h6-8,11,13,17H,2-5H2,1H3,(H2,16,18). The maximum Gasteiger partial charge on any atom is 0.248 e. The molecule has 0 spiro atoms. The van der Waals surface area contributed by atoms with Crippen molar-refractivity contribution in [2.45, 2.75) is 37.8 Å². The number of hydrogen-bond acceptors (Lipinski definition) is 3. The van der Waals surface area contributed by atoms with Crippen molar-refractivity contribution in [1.82, 2.24) is 5.32 Å². The van der Waals surface area contributed by atoms with Crippen LogP contribution in [0.5, 0.6) is 5.75 Å². The maximum absolute atomic E-state index is 11.1. The Labute approximate surface area is 118 Å². The summed E-state index contributed by atoms with van der Waals surface area (Å²) < 4.78 is 5.98. The number of benzene rings is 1. The molecule has 3 N–H and O–H groups in total. The highest BCUT2D eigenvalue weighted by Crippen LogP contribution is 2.30. The van der Waals surface area contributed by atoms with Crippen molar-refractivity contribution < 1.29 is 9.53 Å². The molecule has 104 valence electrons. The van der Waals surface area contributed by atoms with Crippen LogP contribution in [0, 0.1) is 0 Å². The smallest absolute Gasteiger partial charge is 0.248 e. The average molecular weight is 283 g/mol. The molecule has 2 atom stereocenters. The van der Waals surface area contributed by atoms with Crippen LogP contribution in [-0.4, -0.2) is 25.1 Å². The molecule has 1 saturated carbocycles. The number of amides is 1. The number of nitrogens with one attached hydrogen (secondary N) is 1. The summed E-state index contributed by atoms with van der Waals surface area (Å²) in [5.41, 5.74) is 5.61. The molecule has 5 heteroatoms. The van der Waals surface area contributed by atoms with Gasteiger partial charge in [0.1, 0.15) is 11.9 Å². The number of rotatable bonds is 4. The number of carbonyl (C=O) groups is 1. The fourth-order valence-corrected chi connectivity index (χ4v) is 2.71. The highest BCUT2D eigenvalue weighted by atomic mass is 35.5. The number of primary amides is 1. The number of hydrogen-bond donors (Lipinski definition) is 2. The van der Waals surface area contributed by atoms with Crippen LogP contribution in [0.15, 0.2) is 18.2 Å². The first-order chi connectivity index (χ1) is 9.11. The lowest BCUT2D eigenvalue weighted by molar-refractivity contribution is 0.1000. The Hall–Kier alpha value is -1.26. The van der Waals surface area contributed by atoms with Crippen molar-refractivity contribution in [2.24, 2.45) is 5.73 Å². The first-order valence-electron chi connectivity index (χ1n) is 6.55. The van der Waals surface area contributed by atoms with Gasteiger partial charge in [-0.05, 0) is 44.5 Å². The van der Waals surface area contributed by atoms with E-state index in [2.05, 4.69) is 5.32 Å². The summed E-state index contributed by atoms with van der Waals surface area (Å²) in [6, 6.07) is 5.25. The molecular weight excluding hydrogens is 264 g/mol. The normalized spacial score (nSPS) is 23.1. The molecule has 4 nitrogen and oxygen atoms in total. The zero-order chi connectivity index (χ0) is 13.8. The lowest BCUT2D eigenvalue weighted by Crippen LogP contribution is -2.43. The molecule has 0 bridgehead atoms. The summed E-state index contributed by atoms with van der Waals surface area (Å²) in [6.07, 6.45) is 4.63. The zero-order valence-corrected chi connectivity index (χ0v) is 11.7. The fraction of sp³-hybridized carbons (Fsp3) is 0.500. The Balaban J connectivity index is 2.11. The second-order valence-electron chi connectivity index (χ2n) is 4.85. The van der Waals surface area contributed by atoms with Crippen LogP contribution in [-0.2, 0) is 0 Å². The van der Waals surface area contributed by atoms with Crippen molar-refractivity contribution >= 4 is 17.5 Å². The second-order valence-corrected chi connectivity index (χ2v) is 5.25. The zero-order valence-electron chi connectivity index (χ0n) is 11.0. The Morgan fingerprint density at radius 3 is 2.79 bits per heavy atom. The highest BCUT2D eigenvalue weighted by Gasteiger charge is 2.26. The molecule has 1 aliphatic rings. The van der Waals surface area contributed by atoms with Crippen LogP contribution >= 0.6 is 11.6 Å². The van der Waals surface area contributed by atoms with Gasteiger partial charge in [0.15, 0.2) is 0 Å². The molecule has 0 aliphatic heterocycles. The fourth-order valence-electron chi connectivity index (χ4n) is 2.48. The van der Waals surface area contributed by atoms with Gasteiger partial charge in [-0.3, -0.25) is 4.79 Å². The second kappa shape index (κ2) is 6.26. The van der Waals surface area contributed by atoms with E-state index in [4.69, 9.17) is 22.1 Å². The van der Waals surface area contributed by atoms with Gasteiger partial charge in [-0.15, -0.1) is 0 Å². The summed E-state index contributed by atoms with van der Waals surface area (Å²) in [6.45, 7) is 0. The van der Waals surface area contributed by atoms with Crippen LogP contribution in [0.1, 0.15) is 36.0 Å². The molecular formula is C14H19ClN2O2. The average Bonchev–Trinajstić information content (AvgIpc) is 2.41. The van der Waals surface area contributed by atoms with Crippen LogP contribution < -0.4 is 15.8 Å². The maximum atomic E-state index is 11.1. The summed E-state index contributed by atoms with van der Waals surface area (Å²) >= 11 is 6.13. The molecule has 0 aromatic heterocycles. The van der Waals surface area contributed by atoms with Crippen molar-refractivity contribution in [3.63, 3.8) is 0 Å². The largest absolute Gasteiger partial charge is 0.487 e. The summed E-state index contributed by atoms with van der Waals surface area (Å²) in [5.74, 6) is 0.123. The minimum Gasteiger partial charge on any atom is -0.487 e. The van der Waals surface area contributed by atoms with Gasteiger partial charge in [-0.1, -0.05) is 18.0 Å². The molecule has 19 heavy (non-hydrogen) atoms. The van der Waals surface area contributed by atoms with Crippen molar-refractivity contribution in [3.8, 4) is 5.75 Å². The van der Waals surface area contributed by atoms with E-state index in [0.717, 1.165) is 12.8 Å². The molecule has 1 amide bonds. The summed E-state index contributed by atoms with van der Waals surface area (Å²) in [7, 11) is 1.95. The minimum absolute atomic E-state index is 0.121. The van der Waals surface area contributed by atoms with Crippen molar-refractivity contribution in [1.29, 1.82) is 0 Å². The number of ether oxygens (including phenoxy) is 1. The van der Waals surface area contributed by atoms with Gasteiger partial charge in [0, 0.05) is 11.6 Å². The third-order valence-corrected chi connectivity index (χ3v) is 3.86. The third kappa shape index (κ3) is 3.39. The Morgan fingerprint density at radius 1 is 1.42 bits per heavy atom. The Morgan fingerprint density at radius 2 is 2.16 bits per heavy atom. The van der Waals surface area contributed by atoms with Gasteiger partial charge >= 0.3 is 0 Å². The van der Waals surface area contributed by atoms with E-state index in [-0.39, 0.29) is 6.10 Å². The van der Waals surface area contributed by atoms with Gasteiger partial charge < -0.3 is 15.8 Å². The first-order valence-corrected chi connectivity index (χ1v) is 6.93. The van der Waals surface area contributed by atoms with Gasteiger partial charge in [-0.2, -0.15) is 0 Å². The molecule has 2 unspecified atom stereocenters. The Bertz CT molecular complexity index is 465. The van der Waals surface area contributed by atoms with Gasteiger partial charge in [0.05, 0.1) is 5.02 Å². The van der Waals surface area contributed by atoms with Crippen molar-refractivity contribution in [3.05, 3.63) is 28.8 Å².